The second-order valence-electron chi connectivity index (χ2n) is 9.58. The summed E-state index contributed by atoms with van der Waals surface area (Å²) in [5, 5.41) is 0. The van der Waals surface area contributed by atoms with Crippen molar-refractivity contribution in [3.8, 4) is 0 Å². The highest BCUT2D eigenvalue weighted by Crippen LogP contribution is 2.20. The molecule has 0 amide bonds. The van der Waals surface area contributed by atoms with Crippen LogP contribution in [-0.2, 0) is 12.8 Å². The van der Waals surface area contributed by atoms with Crippen LogP contribution in [0.1, 0.15) is 75.3 Å². The van der Waals surface area contributed by atoms with Crippen LogP contribution in [0.25, 0.3) is 0 Å². The van der Waals surface area contributed by atoms with Crippen molar-refractivity contribution in [3.05, 3.63) is 125 Å². The molecule has 0 unspecified atom stereocenters. The van der Waals surface area contributed by atoms with Gasteiger partial charge in [-0.25, -0.2) is 4.99 Å². The Morgan fingerprint density at radius 3 is 1.33 bits per heavy atom. The third-order valence-electron chi connectivity index (χ3n) is 5.94. The molecule has 0 spiro atoms. The van der Waals surface area contributed by atoms with Gasteiger partial charge in [0.15, 0.2) is 0 Å². The van der Waals surface area contributed by atoms with E-state index in [9.17, 15) is 0 Å². The summed E-state index contributed by atoms with van der Waals surface area (Å²) in [6.07, 6.45) is 10.00. The third-order valence-corrected chi connectivity index (χ3v) is 5.94. The maximum Gasteiger partial charge on any atom is 0.0638 e. The highest BCUT2D eigenvalue weighted by molar-refractivity contribution is 6.19. The third kappa shape index (κ3) is 8.30. The van der Waals surface area contributed by atoms with E-state index in [-0.39, 0.29) is 0 Å². The van der Waals surface area contributed by atoms with Gasteiger partial charge in [-0.15, -0.1) is 0 Å². The van der Waals surface area contributed by atoms with Crippen molar-refractivity contribution in [2.24, 2.45) is 9.98 Å². The van der Waals surface area contributed by atoms with Crippen LogP contribution >= 0.6 is 0 Å². The molecule has 186 valence electrons. The van der Waals surface area contributed by atoms with Gasteiger partial charge in [-0.1, -0.05) is 88.4 Å². The van der Waals surface area contributed by atoms with Crippen molar-refractivity contribution in [1.29, 1.82) is 0 Å². The minimum absolute atomic E-state index is 0.300. The van der Waals surface area contributed by atoms with Gasteiger partial charge < -0.3 is 0 Å². The first-order chi connectivity index (χ1) is 17.4. The van der Waals surface area contributed by atoms with E-state index in [1.165, 1.54) is 27.8 Å². The standard InChI is InChI=1S/C32H34N2.C2H6/c1-23(2)29-13-9-27(10-14-29)21-25-5-7-26(8-6-25)22-28-11-15-31(16-12-28)34-32-19-17-30(18-20-32)33-24(3)4;1-2/h5-20,23-24H,21-22H2,1-4H3;1-2H3. The zero-order valence-corrected chi connectivity index (χ0v) is 22.7. The molecule has 36 heavy (non-hydrogen) atoms. The van der Waals surface area contributed by atoms with Crippen LogP contribution in [-0.4, -0.2) is 17.5 Å². The van der Waals surface area contributed by atoms with Crippen LogP contribution in [0.4, 0.5) is 5.69 Å². The van der Waals surface area contributed by atoms with E-state index in [1.807, 2.05) is 38.2 Å². The zero-order valence-electron chi connectivity index (χ0n) is 22.7. The largest absolute Gasteiger partial charge is 0.283 e. The predicted octanol–water partition coefficient (Wildman–Crippen LogP) is 9.07. The average molecular weight is 477 g/mol. The Bertz CT molecular complexity index is 1190. The van der Waals surface area contributed by atoms with E-state index in [4.69, 9.17) is 4.99 Å². The molecule has 3 aromatic rings. The molecule has 3 aromatic carbocycles. The summed E-state index contributed by atoms with van der Waals surface area (Å²) in [5.41, 5.74) is 9.65. The summed E-state index contributed by atoms with van der Waals surface area (Å²) in [4.78, 5) is 9.29. The fourth-order valence-electron chi connectivity index (χ4n) is 4.02. The van der Waals surface area contributed by atoms with Gasteiger partial charge in [-0.05, 0) is 96.9 Å². The Labute approximate surface area is 218 Å². The molecule has 4 rings (SSSR count). The van der Waals surface area contributed by atoms with Crippen LogP contribution in [0, 0.1) is 0 Å². The van der Waals surface area contributed by atoms with Gasteiger partial charge in [0.05, 0.1) is 17.1 Å². The summed E-state index contributed by atoms with van der Waals surface area (Å²) in [6, 6.07) is 26.9. The lowest BCUT2D eigenvalue weighted by Gasteiger charge is -2.08. The van der Waals surface area contributed by atoms with E-state index in [1.54, 1.807) is 0 Å². The van der Waals surface area contributed by atoms with Crippen molar-refractivity contribution in [2.75, 3.05) is 0 Å². The SMILES string of the molecule is CC.CC(C)N=C1C=CC(=Nc2ccc(Cc3ccc(Cc4ccc(C(C)C)cc4)cc3)cc2)C=C1. The molecule has 0 aliphatic heterocycles. The van der Waals surface area contributed by atoms with Gasteiger partial charge >= 0.3 is 0 Å². The Balaban J connectivity index is 0.00000176. The Hall–Kier alpha value is -3.52. The molecule has 0 N–H and O–H groups in total. The maximum atomic E-state index is 4.73. The monoisotopic (exact) mass is 476 g/mol. The predicted molar refractivity (Wildman–Crippen MR) is 158 cm³/mol. The lowest BCUT2D eigenvalue weighted by Crippen LogP contribution is -2.02. The molecule has 0 saturated heterocycles. The number of allylic oxidation sites excluding steroid dienone is 4. The maximum absolute atomic E-state index is 4.73. The number of hydrogen-bond donors (Lipinski definition) is 0. The van der Waals surface area contributed by atoms with Gasteiger partial charge in [0.1, 0.15) is 0 Å². The van der Waals surface area contributed by atoms with E-state index >= 15 is 0 Å². The van der Waals surface area contributed by atoms with Crippen molar-refractivity contribution in [3.63, 3.8) is 0 Å². The lowest BCUT2D eigenvalue weighted by molar-refractivity contribution is 0.838. The average Bonchev–Trinajstić information content (AvgIpc) is 2.89. The highest BCUT2D eigenvalue weighted by Gasteiger charge is 2.03. The second kappa shape index (κ2) is 13.5. The van der Waals surface area contributed by atoms with Crippen molar-refractivity contribution < 1.29 is 0 Å². The minimum atomic E-state index is 0.300. The van der Waals surface area contributed by atoms with Crippen LogP contribution in [0.2, 0.25) is 0 Å². The molecule has 2 heteroatoms. The normalized spacial score (nSPS) is 12.6. The van der Waals surface area contributed by atoms with Crippen LogP contribution < -0.4 is 0 Å². The first kappa shape index (κ1) is 27.1. The van der Waals surface area contributed by atoms with E-state index in [0.29, 0.717) is 12.0 Å². The van der Waals surface area contributed by atoms with Gasteiger partial charge in [0.2, 0.25) is 0 Å². The van der Waals surface area contributed by atoms with E-state index < -0.39 is 0 Å². The zero-order chi connectivity index (χ0) is 25.9. The first-order valence-corrected chi connectivity index (χ1v) is 13.2. The lowest BCUT2D eigenvalue weighted by atomic mass is 9.97. The molecule has 0 atom stereocenters. The quantitative estimate of drug-likeness (QED) is 0.304. The highest BCUT2D eigenvalue weighted by atomic mass is 14.8. The molecule has 1 aliphatic rings. The molecule has 0 saturated carbocycles. The topological polar surface area (TPSA) is 24.7 Å². The number of aliphatic imine (C=N–C) groups is 2. The molecule has 0 bridgehead atoms. The van der Waals surface area contributed by atoms with Crippen molar-refractivity contribution in [2.45, 2.75) is 66.3 Å². The Morgan fingerprint density at radius 2 is 0.917 bits per heavy atom. The summed E-state index contributed by atoms with van der Waals surface area (Å²) < 4.78 is 0. The van der Waals surface area contributed by atoms with Gasteiger partial charge in [0, 0.05) is 6.04 Å². The van der Waals surface area contributed by atoms with E-state index in [2.05, 4.69) is 105 Å². The fourth-order valence-corrected chi connectivity index (χ4v) is 4.02. The summed E-state index contributed by atoms with van der Waals surface area (Å²) >= 11 is 0. The smallest absolute Gasteiger partial charge is 0.0638 e. The van der Waals surface area contributed by atoms with Gasteiger partial charge in [-0.2, -0.15) is 0 Å². The molecular formula is C34H40N2. The molecular weight excluding hydrogens is 436 g/mol. The molecule has 0 radical (unpaired) electrons. The first-order valence-electron chi connectivity index (χ1n) is 13.2. The Morgan fingerprint density at radius 1 is 0.528 bits per heavy atom. The molecule has 0 heterocycles. The minimum Gasteiger partial charge on any atom is -0.283 e. The molecule has 0 aromatic heterocycles. The number of nitrogens with zero attached hydrogens (tertiary/aromatic N) is 2. The molecule has 0 fully saturated rings. The molecule has 2 nitrogen and oxygen atoms in total. The number of benzene rings is 3. The number of rotatable bonds is 7. The Kier molecular flexibility index (Phi) is 10.2. The summed E-state index contributed by atoms with van der Waals surface area (Å²) in [5.74, 6) is 0.577. The van der Waals surface area contributed by atoms with Crippen LogP contribution in [0.15, 0.2) is 107 Å². The number of hydrogen-bond acceptors (Lipinski definition) is 2. The van der Waals surface area contributed by atoms with E-state index in [0.717, 1.165) is 30.0 Å². The van der Waals surface area contributed by atoms with Crippen molar-refractivity contribution >= 4 is 17.1 Å². The second-order valence-corrected chi connectivity index (χ2v) is 9.58. The van der Waals surface area contributed by atoms with Crippen molar-refractivity contribution in [1.82, 2.24) is 0 Å². The van der Waals surface area contributed by atoms with Gasteiger partial charge in [0.25, 0.3) is 0 Å². The summed E-state index contributed by atoms with van der Waals surface area (Å²) in [7, 11) is 0. The van der Waals surface area contributed by atoms with Crippen LogP contribution in [0.5, 0.6) is 0 Å². The van der Waals surface area contributed by atoms with Gasteiger partial charge in [-0.3, -0.25) is 4.99 Å². The molecule has 1 aliphatic carbocycles. The summed E-state index contributed by atoms with van der Waals surface area (Å²) in [6.45, 7) is 12.6. The fraction of sp³-hybridized carbons (Fsp3) is 0.294. The van der Waals surface area contributed by atoms with Crippen LogP contribution in [0.3, 0.4) is 0 Å².